The van der Waals surface area contributed by atoms with E-state index < -0.39 is 0 Å². The fraction of sp³-hybridized carbons (Fsp3) is 0.370. The van der Waals surface area contributed by atoms with Gasteiger partial charge in [0.2, 0.25) is 0 Å². The van der Waals surface area contributed by atoms with E-state index in [2.05, 4.69) is 75.7 Å². The van der Waals surface area contributed by atoms with Crippen molar-refractivity contribution in [3.8, 4) is 6.07 Å². The summed E-state index contributed by atoms with van der Waals surface area (Å²) in [5, 5.41) is 20.4. The smallest absolute Gasteiger partial charge is 0.103 e. The van der Waals surface area contributed by atoms with Crippen LogP contribution in [-0.4, -0.2) is 27.6 Å². The van der Waals surface area contributed by atoms with Gasteiger partial charge >= 0.3 is 0 Å². The lowest BCUT2D eigenvalue weighted by Crippen LogP contribution is -2.38. The molecule has 8 nitrogen and oxygen atoms in total. The molecular formula is C27H31ClN8. The molecule has 3 heterocycles. The van der Waals surface area contributed by atoms with Gasteiger partial charge in [0.05, 0.1) is 33.5 Å². The molecule has 1 atom stereocenters. The van der Waals surface area contributed by atoms with Crippen LogP contribution in [0.4, 0.5) is 11.4 Å². The number of rotatable bonds is 7. The van der Waals surface area contributed by atoms with Crippen molar-refractivity contribution in [2.45, 2.75) is 52.6 Å². The van der Waals surface area contributed by atoms with E-state index >= 15 is 0 Å². The van der Waals surface area contributed by atoms with Gasteiger partial charge in [-0.3, -0.25) is 15.0 Å². The molecule has 2 aliphatic rings. The molecule has 1 aliphatic carbocycles. The molecule has 2 aromatic heterocycles. The normalized spacial score (nSPS) is 16.3. The van der Waals surface area contributed by atoms with Crippen molar-refractivity contribution in [2.24, 2.45) is 5.41 Å². The molecule has 1 saturated carbocycles. The Morgan fingerprint density at radius 1 is 1.28 bits per heavy atom. The van der Waals surface area contributed by atoms with Gasteiger partial charge in [-0.1, -0.05) is 38.4 Å². The predicted octanol–water partition coefficient (Wildman–Crippen LogP) is 5.40. The van der Waals surface area contributed by atoms with E-state index in [-0.39, 0.29) is 11.5 Å². The molecule has 1 aromatic carbocycles. The summed E-state index contributed by atoms with van der Waals surface area (Å²) in [6.45, 7) is 9.16. The van der Waals surface area contributed by atoms with Gasteiger partial charge in [-0.15, -0.1) is 5.53 Å². The molecule has 0 spiro atoms. The van der Waals surface area contributed by atoms with Crippen molar-refractivity contribution in [3.05, 3.63) is 70.4 Å². The first kappa shape index (κ1) is 24.2. The highest BCUT2D eigenvalue weighted by molar-refractivity contribution is 6.35. The third-order valence-corrected chi connectivity index (χ3v) is 6.66. The molecule has 0 radical (unpaired) electrons. The van der Waals surface area contributed by atoms with Crippen LogP contribution >= 0.6 is 11.6 Å². The maximum absolute atomic E-state index is 9.78. The number of nitrogens with zero attached hydrogens (tertiary/aromatic N) is 4. The molecule has 9 heteroatoms. The minimum absolute atomic E-state index is 0.0337. The Hall–Kier alpha value is -3.54. The first-order chi connectivity index (χ1) is 17.2. The minimum atomic E-state index is -0.193. The molecule has 0 saturated heterocycles. The number of halogens is 1. The Kier molecular flexibility index (Phi) is 6.37. The standard InChI is InChI=1S/C27H31ClN8/c1-16-20(6-5-9-30-16)26(23-14-36(35-34-23)19-7-8-19)33-18-10-21-24(32-15-27(2,3)4)17(12-29)13-31-25(21)22(28)11-18/h5-6,9-11,13-14,19,26,33-35H,7-8,15H2,1-4H3,(H,31,32)/t26-/m0/s1. The second-order valence-electron chi connectivity index (χ2n) is 10.6. The number of nitrogens with one attached hydrogen (secondary N) is 4. The molecule has 4 N–H and O–H groups in total. The SMILES string of the molecule is Cc1ncccc1[C@H](Nc1cc(Cl)c2ncc(C#N)c(NCC(C)(C)C)c2c1)C1=CN(C2CC2)NN1. The predicted molar refractivity (Wildman–Crippen MR) is 144 cm³/mol. The first-order valence-electron chi connectivity index (χ1n) is 12.2. The second-order valence-corrected chi connectivity index (χ2v) is 11.0. The van der Waals surface area contributed by atoms with Crippen LogP contribution in [0.5, 0.6) is 0 Å². The minimum Gasteiger partial charge on any atom is -0.383 e. The summed E-state index contributed by atoms with van der Waals surface area (Å²) in [5.74, 6) is 0. The van der Waals surface area contributed by atoms with Crippen LogP contribution in [0.1, 0.15) is 56.5 Å². The zero-order valence-electron chi connectivity index (χ0n) is 21.0. The summed E-state index contributed by atoms with van der Waals surface area (Å²) in [6, 6.07) is 10.5. The number of hydrazine groups is 2. The number of pyridine rings is 2. The lowest BCUT2D eigenvalue weighted by atomic mass is 9.96. The Bertz CT molecular complexity index is 1370. The summed E-state index contributed by atoms with van der Waals surface area (Å²) in [5.41, 5.74) is 12.3. The summed E-state index contributed by atoms with van der Waals surface area (Å²) in [6.07, 6.45) is 7.87. The number of hydrogen-bond acceptors (Lipinski definition) is 8. The van der Waals surface area contributed by atoms with Gasteiger partial charge in [-0.25, -0.2) is 0 Å². The van der Waals surface area contributed by atoms with E-state index in [1.165, 1.54) is 12.8 Å². The van der Waals surface area contributed by atoms with E-state index in [0.717, 1.165) is 33.7 Å². The average molecular weight is 503 g/mol. The van der Waals surface area contributed by atoms with Crippen molar-refractivity contribution in [1.82, 2.24) is 25.9 Å². The van der Waals surface area contributed by atoms with Crippen molar-refractivity contribution >= 4 is 33.9 Å². The molecule has 186 valence electrons. The van der Waals surface area contributed by atoms with Gasteiger partial charge in [0.1, 0.15) is 6.07 Å². The van der Waals surface area contributed by atoms with Crippen LogP contribution in [0.25, 0.3) is 10.9 Å². The number of benzene rings is 1. The van der Waals surface area contributed by atoms with Crippen molar-refractivity contribution < 1.29 is 0 Å². The van der Waals surface area contributed by atoms with E-state index in [1.807, 2.05) is 25.1 Å². The third kappa shape index (κ3) is 5.03. The highest BCUT2D eigenvalue weighted by Gasteiger charge is 2.32. The fourth-order valence-corrected chi connectivity index (χ4v) is 4.57. The number of hydrogen-bond donors (Lipinski definition) is 4. The summed E-state index contributed by atoms with van der Waals surface area (Å²) in [4.78, 5) is 9.01. The topological polar surface area (TPSA) is 101 Å². The zero-order chi connectivity index (χ0) is 25.4. The lowest BCUT2D eigenvalue weighted by Gasteiger charge is -2.24. The first-order valence-corrected chi connectivity index (χ1v) is 12.6. The second kappa shape index (κ2) is 9.49. The quantitative estimate of drug-likeness (QED) is 0.340. The Morgan fingerprint density at radius 2 is 2.08 bits per heavy atom. The molecule has 36 heavy (non-hydrogen) atoms. The zero-order valence-corrected chi connectivity index (χ0v) is 21.7. The highest BCUT2D eigenvalue weighted by atomic mass is 35.5. The molecule has 0 unspecified atom stereocenters. The van der Waals surface area contributed by atoms with Crippen LogP contribution in [0.3, 0.4) is 0 Å². The average Bonchev–Trinajstić information content (AvgIpc) is 3.57. The molecule has 1 aliphatic heterocycles. The van der Waals surface area contributed by atoms with Gasteiger partial charge in [0, 0.05) is 53.5 Å². The van der Waals surface area contributed by atoms with Crippen molar-refractivity contribution in [1.29, 1.82) is 5.26 Å². The van der Waals surface area contributed by atoms with Crippen LogP contribution < -0.4 is 21.6 Å². The largest absolute Gasteiger partial charge is 0.383 e. The van der Waals surface area contributed by atoms with E-state index in [4.69, 9.17) is 11.6 Å². The number of anilines is 2. The van der Waals surface area contributed by atoms with Gasteiger partial charge in [0.15, 0.2) is 0 Å². The van der Waals surface area contributed by atoms with Gasteiger partial charge < -0.3 is 16.1 Å². The monoisotopic (exact) mass is 502 g/mol. The van der Waals surface area contributed by atoms with Crippen molar-refractivity contribution in [2.75, 3.05) is 17.2 Å². The summed E-state index contributed by atoms with van der Waals surface area (Å²) < 4.78 is 0. The summed E-state index contributed by atoms with van der Waals surface area (Å²) in [7, 11) is 0. The fourth-order valence-electron chi connectivity index (χ4n) is 4.30. The number of fused-ring (bicyclic) bond motifs is 1. The lowest BCUT2D eigenvalue weighted by molar-refractivity contribution is 0.260. The van der Waals surface area contributed by atoms with Crippen LogP contribution in [0.15, 0.2) is 48.6 Å². The van der Waals surface area contributed by atoms with Crippen molar-refractivity contribution in [3.63, 3.8) is 0 Å². The molecule has 5 rings (SSSR count). The van der Waals surface area contributed by atoms with Gasteiger partial charge in [-0.05, 0) is 43.4 Å². The molecule has 1 fully saturated rings. The third-order valence-electron chi connectivity index (χ3n) is 6.37. The maximum atomic E-state index is 9.78. The van der Waals surface area contributed by atoms with E-state index in [1.54, 1.807) is 12.4 Å². The summed E-state index contributed by atoms with van der Waals surface area (Å²) >= 11 is 6.74. The van der Waals surface area contributed by atoms with Crippen LogP contribution in [0, 0.1) is 23.7 Å². The van der Waals surface area contributed by atoms with E-state index in [9.17, 15) is 5.26 Å². The molecular weight excluding hydrogens is 472 g/mol. The Balaban J connectivity index is 1.57. The maximum Gasteiger partial charge on any atom is 0.103 e. The van der Waals surface area contributed by atoms with Crippen LogP contribution in [-0.2, 0) is 0 Å². The van der Waals surface area contributed by atoms with Gasteiger partial charge in [-0.2, -0.15) is 5.26 Å². The molecule has 3 aromatic rings. The number of aromatic nitrogens is 2. The Labute approximate surface area is 216 Å². The van der Waals surface area contributed by atoms with Gasteiger partial charge in [0.25, 0.3) is 0 Å². The number of aryl methyl sites for hydroxylation is 1. The van der Waals surface area contributed by atoms with E-state index in [0.29, 0.717) is 28.7 Å². The number of nitriles is 1. The van der Waals surface area contributed by atoms with Crippen LogP contribution in [0.2, 0.25) is 5.02 Å². The highest BCUT2D eigenvalue weighted by Crippen LogP contribution is 2.37. The Morgan fingerprint density at radius 3 is 2.78 bits per heavy atom. The molecule has 0 amide bonds. The molecule has 0 bridgehead atoms.